The molecule has 1 aliphatic carbocycles. The Bertz CT molecular complexity index is 974. The third-order valence-corrected chi connectivity index (χ3v) is 4.75. The summed E-state index contributed by atoms with van der Waals surface area (Å²) in [6.45, 7) is 3.51. The highest BCUT2D eigenvalue weighted by atomic mass is 16.5. The molecule has 2 amide bonds. The van der Waals surface area contributed by atoms with Gasteiger partial charge in [0.15, 0.2) is 0 Å². The number of aryl methyl sites for hydroxylation is 2. The van der Waals surface area contributed by atoms with Crippen molar-refractivity contribution in [2.24, 2.45) is 0 Å². The Morgan fingerprint density at radius 1 is 1.10 bits per heavy atom. The molecule has 0 heterocycles. The maximum Gasteiger partial charge on any atom is 0.394 e. The standard InChI is InChI=1S/C21H22N2O6/c1-11-8-13(22-19(25)21(27)28)9-12(2)18(11)29-15-6-7-17(24)16(10-15)20(26)23(3)14-4-5-14/h6-10,14,24H,4-5H2,1-3H3,(H,22,25)(H,27,28). The van der Waals surface area contributed by atoms with Crippen molar-refractivity contribution in [3.8, 4) is 17.2 Å². The molecule has 0 bridgehead atoms. The Hall–Kier alpha value is -3.55. The molecule has 3 rings (SSSR count). The molecule has 0 aliphatic heterocycles. The summed E-state index contributed by atoms with van der Waals surface area (Å²) in [5.74, 6) is -2.19. The van der Waals surface area contributed by atoms with Gasteiger partial charge in [-0.2, -0.15) is 0 Å². The first-order valence-electron chi connectivity index (χ1n) is 9.11. The van der Waals surface area contributed by atoms with Crippen molar-refractivity contribution in [1.29, 1.82) is 0 Å². The Labute approximate surface area is 167 Å². The van der Waals surface area contributed by atoms with Crippen LogP contribution in [0.3, 0.4) is 0 Å². The molecule has 29 heavy (non-hydrogen) atoms. The summed E-state index contributed by atoms with van der Waals surface area (Å²) < 4.78 is 5.94. The molecular formula is C21H22N2O6. The van der Waals surface area contributed by atoms with Gasteiger partial charge in [0.05, 0.1) is 5.56 Å². The van der Waals surface area contributed by atoms with E-state index in [-0.39, 0.29) is 23.3 Å². The number of aliphatic carboxylic acids is 1. The highest BCUT2D eigenvalue weighted by Crippen LogP contribution is 2.34. The lowest BCUT2D eigenvalue weighted by Gasteiger charge is -2.18. The molecule has 0 unspecified atom stereocenters. The van der Waals surface area contributed by atoms with Crippen LogP contribution in [0.1, 0.15) is 34.3 Å². The number of ether oxygens (including phenoxy) is 1. The number of carboxylic acids is 1. The van der Waals surface area contributed by atoms with E-state index < -0.39 is 11.9 Å². The molecule has 2 aromatic carbocycles. The molecule has 0 radical (unpaired) electrons. The first-order chi connectivity index (χ1) is 13.7. The second-order valence-electron chi connectivity index (χ2n) is 7.13. The lowest BCUT2D eigenvalue weighted by molar-refractivity contribution is -0.147. The first-order valence-corrected chi connectivity index (χ1v) is 9.11. The number of aromatic hydroxyl groups is 1. The number of hydrogen-bond acceptors (Lipinski definition) is 5. The maximum absolute atomic E-state index is 12.6. The van der Waals surface area contributed by atoms with Crippen LogP contribution in [-0.2, 0) is 9.59 Å². The van der Waals surface area contributed by atoms with Gasteiger partial charge in [0, 0.05) is 18.8 Å². The molecule has 1 fully saturated rings. The van der Waals surface area contributed by atoms with Crippen molar-refractivity contribution in [3.05, 3.63) is 47.0 Å². The monoisotopic (exact) mass is 398 g/mol. The smallest absolute Gasteiger partial charge is 0.394 e. The molecule has 0 saturated heterocycles. The van der Waals surface area contributed by atoms with Gasteiger partial charge in [-0.25, -0.2) is 4.79 Å². The quantitative estimate of drug-likeness (QED) is 0.667. The van der Waals surface area contributed by atoms with Crippen molar-refractivity contribution >= 4 is 23.5 Å². The molecule has 1 saturated carbocycles. The second-order valence-corrected chi connectivity index (χ2v) is 7.13. The number of phenols is 1. The van der Waals surface area contributed by atoms with E-state index in [0.717, 1.165) is 12.8 Å². The van der Waals surface area contributed by atoms with E-state index in [4.69, 9.17) is 9.84 Å². The number of carbonyl (C=O) groups excluding carboxylic acids is 2. The Kier molecular flexibility index (Phi) is 5.45. The van der Waals surface area contributed by atoms with Gasteiger partial charge in [0.25, 0.3) is 5.91 Å². The number of amides is 2. The van der Waals surface area contributed by atoms with Crippen LogP contribution in [0, 0.1) is 13.8 Å². The van der Waals surface area contributed by atoms with Crippen molar-refractivity contribution in [3.63, 3.8) is 0 Å². The highest BCUT2D eigenvalue weighted by Gasteiger charge is 2.31. The van der Waals surface area contributed by atoms with Crippen molar-refractivity contribution < 1.29 is 29.3 Å². The molecule has 0 spiro atoms. The fourth-order valence-corrected chi connectivity index (χ4v) is 3.05. The SMILES string of the molecule is Cc1cc(NC(=O)C(=O)O)cc(C)c1Oc1ccc(O)c(C(=O)N(C)C2CC2)c1. The molecule has 3 N–H and O–H groups in total. The summed E-state index contributed by atoms with van der Waals surface area (Å²) in [6.07, 6.45) is 1.92. The molecule has 152 valence electrons. The minimum Gasteiger partial charge on any atom is -0.507 e. The van der Waals surface area contributed by atoms with Crippen LogP contribution in [0.15, 0.2) is 30.3 Å². The van der Waals surface area contributed by atoms with Gasteiger partial charge < -0.3 is 25.2 Å². The number of rotatable bonds is 5. The molecule has 0 aromatic heterocycles. The van der Waals surface area contributed by atoms with Gasteiger partial charge in [-0.15, -0.1) is 0 Å². The molecule has 1 aliphatic rings. The second kappa shape index (κ2) is 7.83. The number of carboxylic acid groups (broad SMARTS) is 1. The third-order valence-electron chi connectivity index (χ3n) is 4.75. The lowest BCUT2D eigenvalue weighted by Crippen LogP contribution is -2.28. The Morgan fingerprint density at radius 2 is 1.72 bits per heavy atom. The van der Waals surface area contributed by atoms with E-state index in [1.165, 1.54) is 12.1 Å². The molecule has 0 atom stereocenters. The van der Waals surface area contributed by atoms with Gasteiger partial charge in [0.2, 0.25) is 0 Å². The Balaban J connectivity index is 1.84. The number of hydrogen-bond donors (Lipinski definition) is 3. The van der Waals surface area contributed by atoms with Crippen LogP contribution < -0.4 is 10.1 Å². The fraction of sp³-hybridized carbons (Fsp3) is 0.286. The molecular weight excluding hydrogens is 376 g/mol. The zero-order valence-corrected chi connectivity index (χ0v) is 16.4. The van der Waals surface area contributed by atoms with Crippen LogP contribution in [0.4, 0.5) is 5.69 Å². The summed E-state index contributed by atoms with van der Waals surface area (Å²) in [6, 6.07) is 7.87. The normalized spacial score (nSPS) is 12.9. The van der Waals surface area contributed by atoms with Crippen molar-refractivity contribution in [1.82, 2.24) is 4.90 Å². The Morgan fingerprint density at radius 3 is 2.28 bits per heavy atom. The number of nitrogens with one attached hydrogen (secondary N) is 1. The number of phenolic OH excluding ortho intramolecular Hbond substituents is 1. The van der Waals surface area contributed by atoms with Crippen molar-refractivity contribution in [2.75, 3.05) is 12.4 Å². The summed E-state index contributed by atoms with van der Waals surface area (Å²) >= 11 is 0. The van der Waals surface area contributed by atoms with E-state index in [0.29, 0.717) is 28.3 Å². The molecule has 8 heteroatoms. The van der Waals surface area contributed by atoms with Gasteiger partial charge >= 0.3 is 11.9 Å². The number of anilines is 1. The number of benzene rings is 2. The average molecular weight is 398 g/mol. The van der Waals surface area contributed by atoms with E-state index in [2.05, 4.69) is 5.32 Å². The van der Waals surface area contributed by atoms with E-state index in [1.54, 1.807) is 44.0 Å². The minimum atomic E-state index is -1.57. The largest absolute Gasteiger partial charge is 0.507 e. The molecule has 8 nitrogen and oxygen atoms in total. The van der Waals surface area contributed by atoms with Crippen LogP contribution >= 0.6 is 0 Å². The predicted molar refractivity (Wildman–Crippen MR) is 105 cm³/mol. The van der Waals surface area contributed by atoms with Gasteiger partial charge in [-0.1, -0.05) is 0 Å². The predicted octanol–water partition coefficient (Wildman–Crippen LogP) is 3.06. The zero-order valence-electron chi connectivity index (χ0n) is 16.4. The number of nitrogens with zero attached hydrogens (tertiary/aromatic N) is 1. The van der Waals surface area contributed by atoms with Crippen molar-refractivity contribution in [2.45, 2.75) is 32.7 Å². The van der Waals surface area contributed by atoms with Crippen LogP contribution in [0.2, 0.25) is 0 Å². The lowest BCUT2D eigenvalue weighted by atomic mass is 10.1. The third kappa shape index (κ3) is 4.48. The average Bonchev–Trinajstić information content (AvgIpc) is 3.50. The first kappa shape index (κ1) is 20.2. The van der Waals surface area contributed by atoms with Gasteiger partial charge in [-0.05, 0) is 68.1 Å². The maximum atomic E-state index is 12.6. The van der Waals surface area contributed by atoms with Gasteiger partial charge in [-0.3, -0.25) is 9.59 Å². The van der Waals surface area contributed by atoms with Crippen LogP contribution in [-0.4, -0.2) is 46.0 Å². The fourth-order valence-electron chi connectivity index (χ4n) is 3.05. The highest BCUT2D eigenvalue weighted by molar-refractivity contribution is 6.36. The minimum absolute atomic E-state index is 0.116. The van der Waals surface area contributed by atoms with Crippen LogP contribution in [0.5, 0.6) is 17.2 Å². The summed E-state index contributed by atoms with van der Waals surface area (Å²) in [7, 11) is 1.71. The van der Waals surface area contributed by atoms with Gasteiger partial charge in [0.1, 0.15) is 17.2 Å². The van der Waals surface area contributed by atoms with E-state index >= 15 is 0 Å². The van der Waals surface area contributed by atoms with E-state index in [1.807, 2.05) is 0 Å². The number of carbonyl (C=O) groups is 3. The summed E-state index contributed by atoms with van der Waals surface area (Å²) in [5, 5.41) is 21.1. The molecule has 2 aromatic rings. The summed E-state index contributed by atoms with van der Waals surface area (Å²) in [5.41, 5.74) is 1.84. The van der Waals surface area contributed by atoms with Crippen LogP contribution in [0.25, 0.3) is 0 Å². The van der Waals surface area contributed by atoms with E-state index in [9.17, 15) is 19.5 Å². The summed E-state index contributed by atoms with van der Waals surface area (Å²) in [4.78, 5) is 36.3. The topological polar surface area (TPSA) is 116 Å². The zero-order chi connectivity index (χ0) is 21.3.